The van der Waals surface area contributed by atoms with Gasteiger partial charge in [-0.1, -0.05) is 5.21 Å². The fourth-order valence-electron chi connectivity index (χ4n) is 1.94. The molecule has 0 saturated carbocycles. The predicted octanol–water partition coefficient (Wildman–Crippen LogP) is 0.117. The number of carboxylic acid groups (broad SMARTS) is 1. The molecule has 3 aromatic heterocycles. The summed E-state index contributed by atoms with van der Waals surface area (Å²) in [5.41, 5.74) is 0.752. The summed E-state index contributed by atoms with van der Waals surface area (Å²) in [5.74, 6) is -0.428. The van der Waals surface area contributed by atoms with Crippen molar-refractivity contribution in [2.45, 2.75) is 13.5 Å². The van der Waals surface area contributed by atoms with Gasteiger partial charge in [-0.2, -0.15) is 0 Å². The summed E-state index contributed by atoms with van der Waals surface area (Å²) in [6.07, 6.45) is 3.11. The average Bonchev–Trinajstić information content (AvgIpc) is 3.11. The Morgan fingerprint density at radius 1 is 1.38 bits per heavy atom. The zero-order chi connectivity index (χ0) is 15.0. The van der Waals surface area contributed by atoms with Crippen LogP contribution in [0.2, 0.25) is 0 Å². The highest BCUT2D eigenvalue weighted by molar-refractivity contribution is 5.92. The molecule has 0 aliphatic rings. The molecular formula is C11H11N7O3. The monoisotopic (exact) mass is 289 g/mol. The number of aromatic carboxylic acids is 1. The van der Waals surface area contributed by atoms with Crippen molar-refractivity contribution in [1.29, 1.82) is 0 Å². The molecule has 0 bridgehead atoms. The number of hydrogen-bond acceptors (Lipinski definition) is 7. The topological polar surface area (TPSA) is 125 Å². The van der Waals surface area contributed by atoms with Crippen LogP contribution >= 0.6 is 0 Å². The van der Waals surface area contributed by atoms with E-state index in [9.17, 15) is 9.90 Å². The lowest BCUT2D eigenvalue weighted by Gasteiger charge is -2.05. The van der Waals surface area contributed by atoms with Crippen molar-refractivity contribution in [3.05, 3.63) is 30.0 Å². The van der Waals surface area contributed by atoms with E-state index in [0.29, 0.717) is 23.2 Å². The van der Waals surface area contributed by atoms with Crippen LogP contribution < -0.4 is 0 Å². The molecule has 10 nitrogen and oxygen atoms in total. The van der Waals surface area contributed by atoms with Gasteiger partial charge in [-0.15, -0.1) is 15.3 Å². The summed E-state index contributed by atoms with van der Waals surface area (Å²) in [6, 6.07) is 0. The van der Waals surface area contributed by atoms with Crippen LogP contribution in [0.5, 0.6) is 0 Å². The third-order valence-corrected chi connectivity index (χ3v) is 2.85. The second-order valence-electron chi connectivity index (χ2n) is 4.35. The van der Waals surface area contributed by atoms with E-state index in [4.69, 9.17) is 4.42 Å². The highest BCUT2D eigenvalue weighted by Gasteiger charge is 2.23. The zero-order valence-corrected chi connectivity index (χ0v) is 11.3. The molecule has 0 unspecified atom stereocenters. The number of carbonyl (C=O) groups is 1. The van der Waals surface area contributed by atoms with Crippen LogP contribution in [0.4, 0.5) is 0 Å². The minimum atomic E-state index is -1.17. The normalized spacial score (nSPS) is 11.0. The Labute approximate surface area is 118 Å². The van der Waals surface area contributed by atoms with Gasteiger partial charge in [0, 0.05) is 14.0 Å². The van der Waals surface area contributed by atoms with E-state index in [-0.39, 0.29) is 12.2 Å². The van der Waals surface area contributed by atoms with E-state index in [2.05, 4.69) is 25.5 Å². The number of aromatic nitrogens is 7. The smallest absolute Gasteiger partial charge is 0.358 e. The molecule has 0 fully saturated rings. The lowest BCUT2D eigenvalue weighted by Crippen LogP contribution is -2.08. The summed E-state index contributed by atoms with van der Waals surface area (Å²) < 4.78 is 8.36. The minimum absolute atomic E-state index is 0.127. The van der Waals surface area contributed by atoms with Crippen molar-refractivity contribution in [1.82, 2.24) is 34.7 Å². The van der Waals surface area contributed by atoms with Crippen LogP contribution in [0.3, 0.4) is 0 Å². The first-order chi connectivity index (χ1) is 10.1. The molecule has 3 aromatic rings. The number of aryl methyl sites for hydroxylation is 2. The van der Waals surface area contributed by atoms with Crippen LogP contribution in [0.15, 0.2) is 16.9 Å². The molecule has 3 rings (SSSR count). The molecule has 1 N–H and O–H groups in total. The van der Waals surface area contributed by atoms with Gasteiger partial charge in [0.2, 0.25) is 11.8 Å². The molecule has 0 saturated heterocycles. The molecule has 21 heavy (non-hydrogen) atoms. The highest BCUT2D eigenvalue weighted by Crippen LogP contribution is 2.22. The second-order valence-corrected chi connectivity index (χ2v) is 4.35. The molecule has 10 heteroatoms. The number of carboxylic acids is 1. The van der Waals surface area contributed by atoms with Gasteiger partial charge < -0.3 is 14.1 Å². The summed E-state index contributed by atoms with van der Waals surface area (Å²) in [6.45, 7) is 1.80. The summed E-state index contributed by atoms with van der Waals surface area (Å²) in [4.78, 5) is 15.3. The lowest BCUT2D eigenvalue weighted by atomic mass is 10.2. The van der Waals surface area contributed by atoms with Crippen LogP contribution in [0.25, 0.3) is 11.4 Å². The number of hydrogen-bond donors (Lipinski definition) is 1. The van der Waals surface area contributed by atoms with Gasteiger partial charge in [0.25, 0.3) is 0 Å². The van der Waals surface area contributed by atoms with Crippen LogP contribution in [-0.4, -0.2) is 45.8 Å². The van der Waals surface area contributed by atoms with Crippen LogP contribution in [-0.2, 0) is 13.6 Å². The first-order valence-electron chi connectivity index (χ1n) is 5.98. The first kappa shape index (κ1) is 13.0. The van der Waals surface area contributed by atoms with E-state index < -0.39 is 5.97 Å². The van der Waals surface area contributed by atoms with Gasteiger partial charge in [-0.05, 0) is 0 Å². The van der Waals surface area contributed by atoms with Gasteiger partial charge in [0.05, 0.1) is 18.2 Å². The molecule has 0 spiro atoms. The van der Waals surface area contributed by atoms with Crippen LogP contribution in [0.1, 0.15) is 22.3 Å². The van der Waals surface area contributed by atoms with Crippen molar-refractivity contribution in [3.63, 3.8) is 0 Å². The summed E-state index contributed by atoms with van der Waals surface area (Å²) in [5, 5.41) is 24.4. The number of rotatable bonds is 4. The van der Waals surface area contributed by atoms with Crippen molar-refractivity contribution in [2.75, 3.05) is 0 Å². The van der Waals surface area contributed by atoms with Crippen molar-refractivity contribution < 1.29 is 14.3 Å². The van der Waals surface area contributed by atoms with Crippen molar-refractivity contribution >= 4 is 5.97 Å². The van der Waals surface area contributed by atoms with E-state index in [0.717, 1.165) is 0 Å². The largest absolute Gasteiger partial charge is 0.476 e. The van der Waals surface area contributed by atoms with Crippen molar-refractivity contribution in [2.24, 2.45) is 7.05 Å². The molecule has 3 heterocycles. The maximum absolute atomic E-state index is 11.3. The molecule has 0 atom stereocenters. The molecule has 108 valence electrons. The molecule has 0 aromatic carbocycles. The van der Waals surface area contributed by atoms with Gasteiger partial charge in [-0.3, -0.25) is 0 Å². The number of nitrogens with zero attached hydrogens (tertiary/aromatic N) is 7. The molecule has 0 aliphatic heterocycles. The van der Waals surface area contributed by atoms with E-state index >= 15 is 0 Å². The van der Waals surface area contributed by atoms with Crippen molar-refractivity contribution in [3.8, 4) is 11.4 Å². The summed E-state index contributed by atoms with van der Waals surface area (Å²) >= 11 is 0. The Kier molecular flexibility index (Phi) is 2.97. The minimum Gasteiger partial charge on any atom is -0.476 e. The average molecular weight is 289 g/mol. The van der Waals surface area contributed by atoms with E-state index in [1.807, 2.05) is 0 Å². The van der Waals surface area contributed by atoms with Crippen LogP contribution in [0, 0.1) is 6.92 Å². The molecule has 0 aliphatic carbocycles. The number of imidazole rings is 1. The zero-order valence-electron chi connectivity index (χ0n) is 11.3. The van der Waals surface area contributed by atoms with Gasteiger partial charge >= 0.3 is 5.97 Å². The second kappa shape index (κ2) is 4.81. The fourth-order valence-corrected chi connectivity index (χ4v) is 1.94. The Balaban J connectivity index is 2.09. The quantitative estimate of drug-likeness (QED) is 0.717. The molecule has 0 amide bonds. The van der Waals surface area contributed by atoms with E-state index in [1.165, 1.54) is 4.68 Å². The third-order valence-electron chi connectivity index (χ3n) is 2.85. The standard InChI is InChI=1S/C11H11N7O3/c1-6-13-14-8(21-6)4-18-10(7-3-12-5-17(7)2)9(11(19)20)15-16-18/h3,5H,4H2,1-2H3,(H,19,20). The van der Waals surface area contributed by atoms with Gasteiger partial charge in [-0.25, -0.2) is 14.5 Å². The summed E-state index contributed by atoms with van der Waals surface area (Å²) in [7, 11) is 1.75. The Morgan fingerprint density at radius 3 is 2.76 bits per heavy atom. The fraction of sp³-hybridized carbons (Fsp3) is 0.273. The molecule has 0 radical (unpaired) electrons. The maximum Gasteiger partial charge on any atom is 0.358 e. The maximum atomic E-state index is 11.3. The van der Waals surface area contributed by atoms with E-state index in [1.54, 1.807) is 31.1 Å². The van der Waals surface area contributed by atoms with Gasteiger partial charge in [0.1, 0.15) is 12.2 Å². The first-order valence-corrected chi connectivity index (χ1v) is 5.98. The SMILES string of the molecule is Cc1nnc(Cn2nnc(C(=O)O)c2-c2cncn2C)o1. The Bertz CT molecular complexity index is 800. The third kappa shape index (κ3) is 2.26. The lowest BCUT2D eigenvalue weighted by molar-refractivity contribution is 0.0691. The highest BCUT2D eigenvalue weighted by atomic mass is 16.4. The Hall–Kier alpha value is -3.04. The molecular weight excluding hydrogens is 278 g/mol. The Morgan fingerprint density at radius 2 is 2.19 bits per heavy atom. The van der Waals surface area contributed by atoms with Gasteiger partial charge in [0.15, 0.2) is 5.69 Å². The predicted molar refractivity (Wildman–Crippen MR) is 67.3 cm³/mol.